The Labute approximate surface area is 139 Å². The number of nitrogens with one attached hydrogen (secondary N) is 2. The summed E-state index contributed by atoms with van der Waals surface area (Å²) in [7, 11) is 0. The van der Waals surface area contributed by atoms with Gasteiger partial charge in [-0.3, -0.25) is 4.79 Å². The van der Waals surface area contributed by atoms with Crippen LogP contribution in [0.5, 0.6) is 0 Å². The van der Waals surface area contributed by atoms with Crippen LogP contribution in [0.15, 0.2) is 48.5 Å². The van der Waals surface area contributed by atoms with Crippen LogP contribution in [0.3, 0.4) is 0 Å². The third-order valence-electron chi connectivity index (χ3n) is 4.55. The highest BCUT2D eigenvalue weighted by molar-refractivity contribution is 6.33. The lowest BCUT2D eigenvalue weighted by Gasteiger charge is -2.23. The summed E-state index contributed by atoms with van der Waals surface area (Å²) in [5.74, 6) is -0.0971. The number of hydrogen-bond acceptors (Lipinski definition) is 1. The molecule has 23 heavy (non-hydrogen) atoms. The van der Waals surface area contributed by atoms with Crippen molar-refractivity contribution in [2.24, 2.45) is 0 Å². The minimum absolute atomic E-state index is 0.0971. The second kappa shape index (κ2) is 5.74. The third kappa shape index (κ3) is 2.62. The van der Waals surface area contributed by atoms with Crippen molar-refractivity contribution in [3.63, 3.8) is 0 Å². The Morgan fingerprint density at radius 3 is 2.78 bits per heavy atom. The Morgan fingerprint density at radius 1 is 1.13 bits per heavy atom. The number of carbonyl (C=O) groups is 1. The number of benzene rings is 2. The van der Waals surface area contributed by atoms with E-state index in [1.54, 1.807) is 12.1 Å². The molecule has 0 aliphatic heterocycles. The standard InChI is InChI=1S/C19H17ClN2O/c20-16-7-3-1-6-15(16)19(23)21-12-9-10-14-13-5-2-4-8-17(13)22-18(14)11-12/h1-8,12,22H,9-11H2,(H,21,23). The van der Waals surface area contributed by atoms with E-state index >= 15 is 0 Å². The zero-order valence-electron chi connectivity index (χ0n) is 12.6. The van der Waals surface area contributed by atoms with Crippen LogP contribution in [0.1, 0.15) is 28.0 Å². The van der Waals surface area contributed by atoms with Crippen molar-refractivity contribution in [2.75, 3.05) is 0 Å². The summed E-state index contributed by atoms with van der Waals surface area (Å²) in [6, 6.07) is 15.7. The summed E-state index contributed by atoms with van der Waals surface area (Å²) >= 11 is 6.10. The van der Waals surface area contributed by atoms with Gasteiger partial charge in [0.05, 0.1) is 10.6 Å². The van der Waals surface area contributed by atoms with E-state index < -0.39 is 0 Å². The van der Waals surface area contributed by atoms with Gasteiger partial charge in [-0.2, -0.15) is 0 Å². The van der Waals surface area contributed by atoms with Crippen LogP contribution in [-0.4, -0.2) is 16.9 Å². The van der Waals surface area contributed by atoms with Gasteiger partial charge in [0.25, 0.3) is 5.91 Å². The molecule has 0 fully saturated rings. The monoisotopic (exact) mass is 324 g/mol. The van der Waals surface area contributed by atoms with E-state index in [9.17, 15) is 4.79 Å². The second-order valence-electron chi connectivity index (χ2n) is 6.02. The molecule has 0 spiro atoms. The number of halogens is 1. The topological polar surface area (TPSA) is 44.9 Å². The van der Waals surface area contributed by atoms with E-state index in [-0.39, 0.29) is 11.9 Å². The number of aromatic amines is 1. The fourth-order valence-electron chi connectivity index (χ4n) is 3.41. The number of aryl methyl sites for hydroxylation is 1. The molecule has 1 aromatic heterocycles. The summed E-state index contributed by atoms with van der Waals surface area (Å²) in [4.78, 5) is 15.9. The molecule has 1 heterocycles. The summed E-state index contributed by atoms with van der Waals surface area (Å²) in [6.45, 7) is 0. The molecule has 0 saturated carbocycles. The fourth-order valence-corrected chi connectivity index (χ4v) is 3.64. The molecule has 3 aromatic rings. The lowest BCUT2D eigenvalue weighted by molar-refractivity contribution is 0.0933. The summed E-state index contributed by atoms with van der Waals surface area (Å²) in [6.07, 6.45) is 2.76. The van der Waals surface area contributed by atoms with Gasteiger partial charge in [-0.25, -0.2) is 0 Å². The van der Waals surface area contributed by atoms with Crippen LogP contribution in [0.2, 0.25) is 5.02 Å². The molecule has 116 valence electrons. The smallest absolute Gasteiger partial charge is 0.253 e. The van der Waals surface area contributed by atoms with Gasteiger partial charge in [0.2, 0.25) is 0 Å². The van der Waals surface area contributed by atoms with Gasteiger partial charge in [0.15, 0.2) is 0 Å². The number of H-pyrrole nitrogens is 1. The number of rotatable bonds is 2. The molecule has 0 radical (unpaired) electrons. The molecular formula is C19H17ClN2O. The molecule has 2 N–H and O–H groups in total. The molecule has 4 rings (SSSR count). The van der Waals surface area contributed by atoms with E-state index in [4.69, 9.17) is 11.6 Å². The van der Waals surface area contributed by atoms with Crippen LogP contribution in [0.4, 0.5) is 0 Å². The molecule has 3 nitrogen and oxygen atoms in total. The van der Waals surface area contributed by atoms with E-state index in [0.29, 0.717) is 10.6 Å². The molecule has 2 aromatic carbocycles. The highest BCUT2D eigenvalue weighted by Crippen LogP contribution is 2.29. The highest BCUT2D eigenvalue weighted by atomic mass is 35.5. The SMILES string of the molecule is O=C(NC1CCc2c([nH]c3ccccc23)C1)c1ccccc1Cl. The lowest BCUT2D eigenvalue weighted by Crippen LogP contribution is -2.38. The second-order valence-corrected chi connectivity index (χ2v) is 6.43. The Bertz CT molecular complexity index is 884. The largest absolute Gasteiger partial charge is 0.358 e. The normalized spacial score (nSPS) is 17.0. The maximum absolute atomic E-state index is 12.4. The van der Waals surface area contributed by atoms with Crippen LogP contribution < -0.4 is 5.32 Å². The van der Waals surface area contributed by atoms with E-state index in [1.807, 2.05) is 18.2 Å². The maximum Gasteiger partial charge on any atom is 0.253 e. The predicted molar refractivity (Wildman–Crippen MR) is 93.0 cm³/mol. The van der Waals surface area contributed by atoms with Gasteiger partial charge in [-0.15, -0.1) is 0 Å². The van der Waals surface area contributed by atoms with Crippen LogP contribution in [0.25, 0.3) is 10.9 Å². The molecule has 1 aliphatic carbocycles. The number of fused-ring (bicyclic) bond motifs is 3. The summed E-state index contributed by atoms with van der Waals surface area (Å²) < 4.78 is 0. The molecule has 0 saturated heterocycles. The zero-order chi connectivity index (χ0) is 15.8. The number of aromatic nitrogens is 1. The predicted octanol–water partition coefficient (Wildman–Crippen LogP) is 4.11. The molecule has 1 amide bonds. The van der Waals surface area contributed by atoms with Gasteiger partial charge < -0.3 is 10.3 Å². The summed E-state index contributed by atoms with van der Waals surface area (Å²) in [5, 5.41) is 4.91. The van der Waals surface area contributed by atoms with Crippen LogP contribution >= 0.6 is 11.6 Å². The van der Waals surface area contributed by atoms with Gasteiger partial charge in [-0.05, 0) is 36.6 Å². The molecule has 1 unspecified atom stereocenters. The number of hydrogen-bond donors (Lipinski definition) is 2. The van der Waals surface area contributed by atoms with E-state index in [0.717, 1.165) is 19.3 Å². The van der Waals surface area contributed by atoms with E-state index in [1.165, 1.54) is 22.2 Å². The van der Waals surface area contributed by atoms with Crippen molar-refractivity contribution in [2.45, 2.75) is 25.3 Å². The fraction of sp³-hybridized carbons (Fsp3) is 0.211. The van der Waals surface area contributed by atoms with Gasteiger partial charge in [-0.1, -0.05) is 41.9 Å². The first-order valence-electron chi connectivity index (χ1n) is 7.86. The van der Waals surface area contributed by atoms with Crippen molar-refractivity contribution in [1.29, 1.82) is 0 Å². The van der Waals surface area contributed by atoms with Crippen LogP contribution in [0, 0.1) is 0 Å². The third-order valence-corrected chi connectivity index (χ3v) is 4.88. The average molecular weight is 325 g/mol. The maximum atomic E-state index is 12.4. The number of carbonyl (C=O) groups excluding carboxylic acids is 1. The van der Waals surface area contributed by atoms with Crippen LogP contribution in [-0.2, 0) is 12.8 Å². The van der Waals surface area contributed by atoms with Crippen molar-refractivity contribution in [3.05, 3.63) is 70.4 Å². The first-order valence-corrected chi connectivity index (χ1v) is 8.24. The average Bonchev–Trinajstić information content (AvgIpc) is 2.92. The van der Waals surface area contributed by atoms with Crippen molar-refractivity contribution < 1.29 is 4.79 Å². The van der Waals surface area contributed by atoms with E-state index in [2.05, 4.69) is 28.5 Å². The molecular weight excluding hydrogens is 308 g/mol. The Kier molecular flexibility index (Phi) is 3.58. The lowest BCUT2D eigenvalue weighted by atomic mass is 9.91. The Hall–Kier alpha value is -2.26. The minimum Gasteiger partial charge on any atom is -0.358 e. The quantitative estimate of drug-likeness (QED) is 0.732. The Balaban J connectivity index is 1.54. The molecule has 1 atom stereocenters. The molecule has 4 heteroatoms. The van der Waals surface area contributed by atoms with Gasteiger partial charge >= 0.3 is 0 Å². The Morgan fingerprint density at radius 2 is 1.91 bits per heavy atom. The zero-order valence-corrected chi connectivity index (χ0v) is 13.4. The first-order chi connectivity index (χ1) is 11.2. The molecule has 1 aliphatic rings. The van der Waals surface area contributed by atoms with Crippen molar-refractivity contribution >= 4 is 28.4 Å². The highest BCUT2D eigenvalue weighted by Gasteiger charge is 2.24. The first kappa shape index (κ1) is 14.3. The van der Waals surface area contributed by atoms with Crippen molar-refractivity contribution in [3.8, 4) is 0 Å². The van der Waals surface area contributed by atoms with Gasteiger partial charge in [0, 0.05) is 29.1 Å². The minimum atomic E-state index is -0.0971. The number of para-hydroxylation sites is 1. The molecule has 0 bridgehead atoms. The van der Waals surface area contributed by atoms with Crippen molar-refractivity contribution in [1.82, 2.24) is 10.3 Å². The van der Waals surface area contributed by atoms with Gasteiger partial charge in [0.1, 0.15) is 0 Å². The summed E-state index contributed by atoms with van der Waals surface area (Å²) in [5.41, 5.74) is 4.35. The number of amides is 1.